The van der Waals surface area contributed by atoms with Crippen LogP contribution in [0.1, 0.15) is 22.4 Å². The Hall–Kier alpha value is -1.06. The number of halogens is 1. The number of hydrogen-bond acceptors (Lipinski definition) is 4. The fraction of sp³-hybridized carbons (Fsp3) is 0.462. The molecule has 0 aromatic heterocycles. The first-order chi connectivity index (χ1) is 8.96. The van der Waals surface area contributed by atoms with Gasteiger partial charge in [-0.15, -0.1) is 0 Å². The molecule has 0 aliphatic carbocycles. The van der Waals surface area contributed by atoms with Crippen molar-refractivity contribution in [1.82, 2.24) is 0 Å². The molecule has 102 valence electrons. The Morgan fingerprint density at radius 3 is 2.79 bits per heavy atom. The standard InChI is InChI=1S/C13H14BrNO3S/c1-18-12-3-2-9(6-11(12)7-15)13(14)10-4-5-19(16,17)8-10/h2-3,6,10,13H,4-5,8H2,1H3. The van der Waals surface area contributed by atoms with Crippen LogP contribution in [-0.2, 0) is 9.84 Å². The molecule has 2 unspecified atom stereocenters. The van der Waals surface area contributed by atoms with Crippen LogP contribution in [0.25, 0.3) is 0 Å². The van der Waals surface area contributed by atoms with Gasteiger partial charge in [0.15, 0.2) is 9.84 Å². The summed E-state index contributed by atoms with van der Waals surface area (Å²) >= 11 is 3.56. The van der Waals surface area contributed by atoms with E-state index in [9.17, 15) is 8.42 Å². The average Bonchev–Trinajstić information content (AvgIpc) is 2.77. The van der Waals surface area contributed by atoms with Gasteiger partial charge in [0, 0.05) is 4.83 Å². The van der Waals surface area contributed by atoms with Gasteiger partial charge in [0.1, 0.15) is 11.8 Å². The minimum atomic E-state index is -2.90. The van der Waals surface area contributed by atoms with Crippen LogP contribution < -0.4 is 4.74 Å². The highest BCUT2D eigenvalue weighted by Crippen LogP contribution is 2.38. The summed E-state index contributed by atoms with van der Waals surface area (Å²) in [6.07, 6.45) is 0.659. The molecular weight excluding hydrogens is 330 g/mol. The molecule has 0 radical (unpaired) electrons. The van der Waals surface area contributed by atoms with Crippen molar-refractivity contribution in [3.63, 3.8) is 0 Å². The van der Waals surface area contributed by atoms with Crippen molar-refractivity contribution in [2.24, 2.45) is 5.92 Å². The summed E-state index contributed by atoms with van der Waals surface area (Å²) in [6.45, 7) is 0. The van der Waals surface area contributed by atoms with Gasteiger partial charge < -0.3 is 4.74 Å². The van der Waals surface area contributed by atoms with Gasteiger partial charge in [0.2, 0.25) is 0 Å². The second-order valence-corrected chi connectivity index (χ2v) is 7.85. The Kier molecular flexibility index (Phi) is 4.16. The fourth-order valence-corrected chi connectivity index (χ4v) is 5.13. The highest BCUT2D eigenvalue weighted by molar-refractivity contribution is 9.09. The Labute approximate surface area is 121 Å². The molecule has 1 aliphatic heterocycles. The van der Waals surface area contributed by atoms with E-state index in [1.807, 2.05) is 6.07 Å². The second kappa shape index (κ2) is 5.51. The van der Waals surface area contributed by atoms with Crippen LogP contribution in [0.5, 0.6) is 5.75 Å². The predicted molar refractivity (Wildman–Crippen MR) is 76.1 cm³/mol. The van der Waals surface area contributed by atoms with E-state index in [2.05, 4.69) is 22.0 Å². The van der Waals surface area contributed by atoms with Crippen LogP contribution in [0.15, 0.2) is 18.2 Å². The van der Waals surface area contributed by atoms with Crippen molar-refractivity contribution in [3.8, 4) is 11.8 Å². The van der Waals surface area contributed by atoms with E-state index in [4.69, 9.17) is 10.00 Å². The van der Waals surface area contributed by atoms with Crippen LogP contribution in [0.4, 0.5) is 0 Å². The molecule has 0 saturated carbocycles. The first-order valence-electron chi connectivity index (χ1n) is 5.89. The number of methoxy groups -OCH3 is 1. The molecule has 1 aromatic carbocycles. The van der Waals surface area contributed by atoms with E-state index >= 15 is 0 Å². The minimum absolute atomic E-state index is 0.0530. The SMILES string of the molecule is COc1ccc(C(Br)C2CCS(=O)(=O)C2)cc1C#N. The van der Waals surface area contributed by atoms with Gasteiger partial charge >= 0.3 is 0 Å². The number of hydrogen-bond donors (Lipinski definition) is 0. The van der Waals surface area contributed by atoms with Crippen LogP contribution >= 0.6 is 15.9 Å². The number of ether oxygens (including phenoxy) is 1. The third kappa shape index (κ3) is 3.10. The molecule has 6 heteroatoms. The Morgan fingerprint density at radius 1 is 1.53 bits per heavy atom. The van der Waals surface area contributed by atoms with Crippen LogP contribution in [-0.4, -0.2) is 27.0 Å². The van der Waals surface area contributed by atoms with Crippen LogP contribution in [0.2, 0.25) is 0 Å². The number of nitriles is 1. The van der Waals surface area contributed by atoms with Gasteiger partial charge in [-0.05, 0) is 30.0 Å². The van der Waals surface area contributed by atoms with E-state index < -0.39 is 9.84 Å². The predicted octanol–water partition coefficient (Wildman–Crippen LogP) is 2.44. The Bertz CT molecular complexity index is 621. The van der Waals surface area contributed by atoms with Crippen LogP contribution in [0.3, 0.4) is 0 Å². The largest absolute Gasteiger partial charge is 0.495 e. The zero-order chi connectivity index (χ0) is 14.0. The van der Waals surface area contributed by atoms with E-state index in [0.29, 0.717) is 17.7 Å². The Balaban J connectivity index is 2.25. The van der Waals surface area contributed by atoms with Crippen molar-refractivity contribution in [1.29, 1.82) is 5.26 Å². The maximum atomic E-state index is 11.5. The van der Waals surface area contributed by atoms with E-state index in [-0.39, 0.29) is 22.3 Å². The van der Waals surface area contributed by atoms with Gasteiger partial charge in [-0.25, -0.2) is 8.42 Å². The first kappa shape index (κ1) is 14.4. The quantitative estimate of drug-likeness (QED) is 0.790. The van der Waals surface area contributed by atoms with Crippen LogP contribution in [0, 0.1) is 17.2 Å². The number of alkyl halides is 1. The molecule has 1 aromatic rings. The maximum absolute atomic E-state index is 11.5. The average molecular weight is 344 g/mol. The first-order valence-corrected chi connectivity index (χ1v) is 8.63. The molecule has 2 atom stereocenters. The molecule has 0 spiro atoms. The van der Waals surface area contributed by atoms with Crippen molar-refractivity contribution >= 4 is 25.8 Å². The zero-order valence-electron chi connectivity index (χ0n) is 10.5. The highest BCUT2D eigenvalue weighted by Gasteiger charge is 2.33. The minimum Gasteiger partial charge on any atom is -0.495 e. The molecule has 1 heterocycles. The van der Waals surface area contributed by atoms with E-state index in [1.54, 1.807) is 12.1 Å². The molecule has 0 amide bonds. The molecular formula is C13H14BrNO3S. The number of rotatable bonds is 3. The second-order valence-electron chi connectivity index (χ2n) is 4.64. The zero-order valence-corrected chi connectivity index (χ0v) is 12.9. The highest BCUT2D eigenvalue weighted by atomic mass is 79.9. The lowest BCUT2D eigenvalue weighted by Gasteiger charge is -2.17. The molecule has 2 rings (SSSR count). The van der Waals surface area contributed by atoms with Gasteiger partial charge in [-0.2, -0.15) is 5.26 Å². The van der Waals surface area contributed by atoms with Crippen molar-refractivity contribution in [3.05, 3.63) is 29.3 Å². The third-order valence-corrected chi connectivity index (χ3v) is 6.41. The lowest BCUT2D eigenvalue weighted by Crippen LogP contribution is -2.10. The maximum Gasteiger partial charge on any atom is 0.150 e. The molecule has 1 fully saturated rings. The smallest absolute Gasteiger partial charge is 0.150 e. The number of sulfone groups is 1. The molecule has 19 heavy (non-hydrogen) atoms. The summed E-state index contributed by atoms with van der Waals surface area (Å²) < 4.78 is 28.1. The van der Waals surface area contributed by atoms with Gasteiger partial charge in [-0.1, -0.05) is 22.0 Å². The van der Waals surface area contributed by atoms with Crippen molar-refractivity contribution in [2.75, 3.05) is 18.6 Å². The monoisotopic (exact) mass is 343 g/mol. The normalized spacial score (nSPS) is 22.7. The van der Waals surface area contributed by atoms with Gasteiger partial charge in [0.25, 0.3) is 0 Å². The third-order valence-electron chi connectivity index (χ3n) is 3.34. The fourth-order valence-electron chi connectivity index (χ4n) is 2.31. The Morgan fingerprint density at radius 2 is 2.26 bits per heavy atom. The molecule has 4 nitrogen and oxygen atoms in total. The number of nitrogens with zero attached hydrogens (tertiary/aromatic N) is 1. The lowest BCUT2D eigenvalue weighted by atomic mass is 9.97. The molecule has 1 saturated heterocycles. The summed E-state index contributed by atoms with van der Waals surface area (Å²) in [7, 11) is -1.38. The summed E-state index contributed by atoms with van der Waals surface area (Å²) in [4.78, 5) is -0.0530. The number of benzene rings is 1. The van der Waals surface area contributed by atoms with Gasteiger partial charge in [-0.3, -0.25) is 0 Å². The summed E-state index contributed by atoms with van der Waals surface area (Å²) in [5, 5.41) is 9.06. The molecule has 0 bridgehead atoms. The van der Waals surface area contributed by atoms with Crippen molar-refractivity contribution < 1.29 is 13.2 Å². The topological polar surface area (TPSA) is 67.2 Å². The van der Waals surface area contributed by atoms with Gasteiger partial charge in [0.05, 0.1) is 24.2 Å². The summed E-state index contributed by atoms with van der Waals surface area (Å²) in [6, 6.07) is 7.44. The molecule has 1 aliphatic rings. The molecule has 0 N–H and O–H groups in total. The lowest BCUT2D eigenvalue weighted by molar-refractivity contribution is 0.413. The van der Waals surface area contributed by atoms with E-state index in [1.165, 1.54) is 7.11 Å². The van der Waals surface area contributed by atoms with E-state index in [0.717, 1.165) is 5.56 Å². The van der Waals surface area contributed by atoms with Crippen molar-refractivity contribution in [2.45, 2.75) is 11.2 Å². The summed E-state index contributed by atoms with van der Waals surface area (Å²) in [5.41, 5.74) is 1.38. The summed E-state index contributed by atoms with van der Waals surface area (Å²) in [5.74, 6) is 1.05.